The second-order valence-electron chi connectivity index (χ2n) is 4.38. The van der Waals surface area contributed by atoms with Crippen molar-refractivity contribution in [2.24, 2.45) is 0 Å². The predicted molar refractivity (Wildman–Crippen MR) is 76.3 cm³/mol. The SMILES string of the molecule is COc1ccc(CCC(=O)Nc2ccccc2F)cc1. The van der Waals surface area contributed by atoms with Crippen LogP contribution in [0.5, 0.6) is 5.75 Å². The van der Waals surface area contributed by atoms with Gasteiger partial charge in [-0.2, -0.15) is 0 Å². The number of carbonyl (C=O) groups is 1. The van der Waals surface area contributed by atoms with Gasteiger partial charge < -0.3 is 10.1 Å². The molecule has 0 atom stereocenters. The van der Waals surface area contributed by atoms with Gasteiger partial charge in [0.15, 0.2) is 0 Å². The molecular formula is C16H16FNO2. The molecule has 0 aliphatic carbocycles. The van der Waals surface area contributed by atoms with Gasteiger partial charge in [-0.3, -0.25) is 4.79 Å². The van der Waals surface area contributed by atoms with Crippen LogP contribution in [0.1, 0.15) is 12.0 Å². The molecule has 2 aromatic carbocycles. The Labute approximate surface area is 117 Å². The fourth-order valence-corrected chi connectivity index (χ4v) is 1.83. The van der Waals surface area contributed by atoms with Gasteiger partial charge in [0, 0.05) is 6.42 Å². The van der Waals surface area contributed by atoms with Crippen molar-refractivity contribution in [3.05, 3.63) is 59.9 Å². The summed E-state index contributed by atoms with van der Waals surface area (Å²) in [5, 5.41) is 2.56. The lowest BCUT2D eigenvalue weighted by Gasteiger charge is -2.06. The monoisotopic (exact) mass is 273 g/mol. The summed E-state index contributed by atoms with van der Waals surface area (Å²) in [6.45, 7) is 0. The minimum Gasteiger partial charge on any atom is -0.497 e. The summed E-state index contributed by atoms with van der Waals surface area (Å²) >= 11 is 0. The van der Waals surface area contributed by atoms with Crippen LogP contribution in [0.3, 0.4) is 0 Å². The summed E-state index contributed by atoms with van der Waals surface area (Å²) in [6.07, 6.45) is 0.908. The molecule has 0 unspecified atom stereocenters. The summed E-state index contributed by atoms with van der Waals surface area (Å²) in [7, 11) is 1.61. The van der Waals surface area contributed by atoms with Gasteiger partial charge in [0.05, 0.1) is 12.8 Å². The van der Waals surface area contributed by atoms with E-state index in [4.69, 9.17) is 4.74 Å². The van der Waals surface area contributed by atoms with E-state index in [9.17, 15) is 9.18 Å². The number of aryl methyl sites for hydroxylation is 1. The average molecular weight is 273 g/mol. The van der Waals surface area contributed by atoms with E-state index < -0.39 is 5.82 Å². The number of benzene rings is 2. The highest BCUT2D eigenvalue weighted by Crippen LogP contribution is 2.15. The van der Waals surface area contributed by atoms with E-state index in [1.807, 2.05) is 24.3 Å². The summed E-state index contributed by atoms with van der Waals surface area (Å²) in [5.41, 5.74) is 1.25. The van der Waals surface area contributed by atoms with Gasteiger partial charge >= 0.3 is 0 Å². The molecule has 0 saturated heterocycles. The van der Waals surface area contributed by atoms with Crippen LogP contribution in [0.15, 0.2) is 48.5 Å². The number of hydrogen-bond donors (Lipinski definition) is 1. The zero-order valence-corrected chi connectivity index (χ0v) is 11.2. The lowest BCUT2D eigenvalue weighted by Crippen LogP contribution is -2.13. The second-order valence-corrected chi connectivity index (χ2v) is 4.38. The van der Waals surface area contributed by atoms with Crippen molar-refractivity contribution in [3.63, 3.8) is 0 Å². The molecule has 0 radical (unpaired) electrons. The minimum atomic E-state index is -0.426. The maximum Gasteiger partial charge on any atom is 0.224 e. The van der Waals surface area contributed by atoms with Crippen molar-refractivity contribution in [2.75, 3.05) is 12.4 Å². The van der Waals surface area contributed by atoms with E-state index in [-0.39, 0.29) is 11.6 Å². The number of amides is 1. The fourth-order valence-electron chi connectivity index (χ4n) is 1.83. The first-order valence-corrected chi connectivity index (χ1v) is 6.36. The standard InChI is InChI=1S/C16H16FNO2/c1-20-13-9-6-12(7-10-13)8-11-16(19)18-15-5-3-2-4-14(15)17/h2-7,9-10H,8,11H2,1H3,(H,18,19). The molecule has 0 aromatic heterocycles. The number of halogens is 1. The quantitative estimate of drug-likeness (QED) is 0.906. The number of nitrogens with one attached hydrogen (secondary N) is 1. The Morgan fingerprint density at radius 1 is 1.15 bits per heavy atom. The molecule has 1 amide bonds. The Balaban J connectivity index is 1.87. The third-order valence-electron chi connectivity index (χ3n) is 2.95. The van der Waals surface area contributed by atoms with Gasteiger partial charge in [-0.1, -0.05) is 24.3 Å². The van der Waals surface area contributed by atoms with Crippen molar-refractivity contribution >= 4 is 11.6 Å². The van der Waals surface area contributed by atoms with Crippen molar-refractivity contribution in [1.82, 2.24) is 0 Å². The molecule has 104 valence electrons. The maximum absolute atomic E-state index is 13.4. The number of ether oxygens (including phenoxy) is 1. The topological polar surface area (TPSA) is 38.3 Å². The summed E-state index contributed by atoms with van der Waals surface area (Å²) in [5.74, 6) is 0.153. The lowest BCUT2D eigenvalue weighted by atomic mass is 10.1. The Morgan fingerprint density at radius 2 is 1.85 bits per heavy atom. The number of rotatable bonds is 5. The largest absolute Gasteiger partial charge is 0.497 e. The molecule has 3 nitrogen and oxygen atoms in total. The van der Waals surface area contributed by atoms with Crippen LogP contribution in [0.4, 0.5) is 10.1 Å². The summed E-state index contributed by atoms with van der Waals surface area (Å²) in [6, 6.07) is 13.7. The zero-order valence-electron chi connectivity index (χ0n) is 11.2. The third kappa shape index (κ3) is 3.82. The maximum atomic E-state index is 13.4. The van der Waals surface area contributed by atoms with Crippen LogP contribution in [0.25, 0.3) is 0 Å². The molecule has 0 heterocycles. The molecule has 20 heavy (non-hydrogen) atoms. The Morgan fingerprint density at radius 3 is 2.50 bits per heavy atom. The molecule has 0 aliphatic rings. The molecule has 1 N–H and O–H groups in total. The Kier molecular flexibility index (Phi) is 4.71. The van der Waals surface area contributed by atoms with Gasteiger partial charge in [0.25, 0.3) is 0 Å². The van der Waals surface area contributed by atoms with Crippen molar-refractivity contribution in [1.29, 1.82) is 0 Å². The smallest absolute Gasteiger partial charge is 0.224 e. The number of para-hydroxylation sites is 1. The van der Waals surface area contributed by atoms with E-state index in [0.717, 1.165) is 11.3 Å². The summed E-state index contributed by atoms with van der Waals surface area (Å²) in [4.78, 5) is 11.8. The van der Waals surface area contributed by atoms with Gasteiger partial charge in [-0.25, -0.2) is 4.39 Å². The number of methoxy groups -OCH3 is 1. The first-order valence-electron chi connectivity index (χ1n) is 6.36. The molecule has 4 heteroatoms. The highest BCUT2D eigenvalue weighted by Gasteiger charge is 2.06. The first kappa shape index (κ1) is 14.1. The molecular weight excluding hydrogens is 257 g/mol. The molecule has 0 saturated carbocycles. The van der Waals surface area contributed by atoms with E-state index in [1.54, 1.807) is 25.3 Å². The number of carbonyl (C=O) groups excluding carboxylic acids is 1. The van der Waals surface area contributed by atoms with Crippen LogP contribution in [0, 0.1) is 5.82 Å². The molecule has 2 aromatic rings. The van der Waals surface area contributed by atoms with Crippen LogP contribution in [-0.4, -0.2) is 13.0 Å². The molecule has 0 bridgehead atoms. The lowest BCUT2D eigenvalue weighted by molar-refractivity contribution is -0.116. The Hall–Kier alpha value is -2.36. The second kappa shape index (κ2) is 6.70. The van der Waals surface area contributed by atoms with E-state index in [1.165, 1.54) is 6.07 Å². The molecule has 0 fully saturated rings. The molecule has 2 rings (SSSR count). The van der Waals surface area contributed by atoms with Crippen molar-refractivity contribution in [3.8, 4) is 5.75 Å². The van der Waals surface area contributed by atoms with Crippen molar-refractivity contribution < 1.29 is 13.9 Å². The first-order chi connectivity index (χ1) is 9.69. The van der Waals surface area contributed by atoms with E-state index >= 15 is 0 Å². The Bertz CT molecular complexity index is 581. The molecule has 0 spiro atoms. The van der Waals surface area contributed by atoms with Crippen molar-refractivity contribution in [2.45, 2.75) is 12.8 Å². The normalized spacial score (nSPS) is 10.1. The zero-order chi connectivity index (χ0) is 14.4. The average Bonchev–Trinajstić information content (AvgIpc) is 2.48. The van der Waals surface area contributed by atoms with E-state index in [2.05, 4.69) is 5.32 Å². The minimum absolute atomic E-state index is 0.203. The third-order valence-corrected chi connectivity index (χ3v) is 2.95. The number of hydrogen-bond acceptors (Lipinski definition) is 2. The highest BCUT2D eigenvalue weighted by molar-refractivity contribution is 5.90. The van der Waals surface area contributed by atoms with Crippen LogP contribution < -0.4 is 10.1 Å². The van der Waals surface area contributed by atoms with Gasteiger partial charge in [0.2, 0.25) is 5.91 Å². The fraction of sp³-hybridized carbons (Fsp3) is 0.188. The van der Waals surface area contributed by atoms with Crippen LogP contribution in [-0.2, 0) is 11.2 Å². The van der Waals surface area contributed by atoms with Gasteiger partial charge in [-0.05, 0) is 36.2 Å². The van der Waals surface area contributed by atoms with Crippen LogP contribution >= 0.6 is 0 Å². The highest BCUT2D eigenvalue weighted by atomic mass is 19.1. The van der Waals surface area contributed by atoms with E-state index in [0.29, 0.717) is 12.8 Å². The van der Waals surface area contributed by atoms with Crippen LogP contribution in [0.2, 0.25) is 0 Å². The number of anilines is 1. The molecule has 0 aliphatic heterocycles. The summed E-state index contributed by atoms with van der Waals surface area (Å²) < 4.78 is 18.4. The van der Waals surface area contributed by atoms with Gasteiger partial charge in [0.1, 0.15) is 11.6 Å². The predicted octanol–water partition coefficient (Wildman–Crippen LogP) is 3.41. The van der Waals surface area contributed by atoms with Gasteiger partial charge in [-0.15, -0.1) is 0 Å².